The minimum atomic E-state index is -0.351. The van der Waals surface area contributed by atoms with E-state index in [9.17, 15) is 9.59 Å². The molecule has 182 valence electrons. The molecule has 0 atom stereocenters. The van der Waals surface area contributed by atoms with Gasteiger partial charge < -0.3 is 24.3 Å². The van der Waals surface area contributed by atoms with Crippen molar-refractivity contribution in [1.82, 2.24) is 10.2 Å². The highest BCUT2D eigenvalue weighted by atomic mass is 79.9. The Bertz CT molecular complexity index is 1250. The Kier molecular flexibility index (Phi) is 7.94. The number of piperazine rings is 1. The number of carbonyl (C=O) groups excluding carboxylic acids is 2. The van der Waals surface area contributed by atoms with Crippen LogP contribution in [0.15, 0.2) is 63.7 Å². The van der Waals surface area contributed by atoms with Crippen molar-refractivity contribution in [2.75, 3.05) is 43.5 Å². The average Bonchev–Trinajstić information content (AvgIpc) is 3.39. The summed E-state index contributed by atoms with van der Waals surface area (Å²) in [7, 11) is 1.55. The van der Waals surface area contributed by atoms with Gasteiger partial charge in [0.25, 0.3) is 11.8 Å². The van der Waals surface area contributed by atoms with E-state index in [0.29, 0.717) is 58.4 Å². The van der Waals surface area contributed by atoms with Crippen molar-refractivity contribution >= 4 is 68.1 Å². The number of carbonyl (C=O) groups is 2. The second-order valence-electron chi connectivity index (χ2n) is 7.68. The number of anilines is 2. The van der Waals surface area contributed by atoms with Crippen molar-refractivity contribution < 1.29 is 18.7 Å². The van der Waals surface area contributed by atoms with Crippen LogP contribution in [0.25, 0.3) is 0 Å². The molecule has 2 amide bonds. The molecule has 0 aliphatic carbocycles. The summed E-state index contributed by atoms with van der Waals surface area (Å²) in [5.74, 6) is 0.505. The minimum absolute atomic E-state index is 0.113. The first-order valence-electron chi connectivity index (χ1n) is 10.7. The molecule has 0 unspecified atom stereocenters. The number of thiocarbonyl (C=S) groups is 1. The number of ether oxygens (including phenoxy) is 1. The van der Waals surface area contributed by atoms with E-state index in [1.54, 1.807) is 48.4 Å². The molecule has 0 saturated carbocycles. The number of furan rings is 1. The Balaban J connectivity index is 1.32. The van der Waals surface area contributed by atoms with Gasteiger partial charge in [0.2, 0.25) is 0 Å². The normalized spacial score (nSPS) is 13.3. The zero-order valence-corrected chi connectivity index (χ0v) is 21.9. The fraction of sp³-hybridized carbons (Fsp3) is 0.208. The van der Waals surface area contributed by atoms with E-state index in [4.69, 9.17) is 33.0 Å². The van der Waals surface area contributed by atoms with Gasteiger partial charge in [-0.1, -0.05) is 11.6 Å². The van der Waals surface area contributed by atoms with Gasteiger partial charge >= 0.3 is 0 Å². The van der Waals surface area contributed by atoms with Crippen molar-refractivity contribution in [3.63, 3.8) is 0 Å². The van der Waals surface area contributed by atoms with E-state index in [0.717, 1.165) is 5.69 Å². The lowest BCUT2D eigenvalue weighted by Gasteiger charge is -2.36. The van der Waals surface area contributed by atoms with Crippen LogP contribution in [0, 0.1) is 0 Å². The molecule has 2 heterocycles. The van der Waals surface area contributed by atoms with Crippen molar-refractivity contribution in [3.05, 3.63) is 75.6 Å². The highest BCUT2D eigenvalue weighted by Gasteiger charge is 2.24. The molecule has 1 aromatic heterocycles. The quantitative estimate of drug-likeness (QED) is 0.422. The smallest absolute Gasteiger partial charge is 0.289 e. The number of halogens is 2. The predicted molar refractivity (Wildman–Crippen MR) is 143 cm³/mol. The van der Waals surface area contributed by atoms with E-state index >= 15 is 0 Å². The number of hydrogen-bond donors (Lipinski definition) is 2. The summed E-state index contributed by atoms with van der Waals surface area (Å²) in [5.41, 5.74) is 1.94. The zero-order chi connectivity index (χ0) is 24.9. The summed E-state index contributed by atoms with van der Waals surface area (Å²) >= 11 is 15.2. The van der Waals surface area contributed by atoms with E-state index in [1.807, 2.05) is 12.1 Å². The van der Waals surface area contributed by atoms with Crippen LogP contribution < -0.4 is 20.3 Å². The van der Waals surface area contributed by atoms with Gasteiger partial charge in [-0.3, -0.25) is 14.9 Å². The molecule has 2 N–H and O–H groups in total. The molecule has 8 nitrogen and oxygen atoms in total. The first kappa shape index (κ1) is 25.0. The molecule has 1 saturated heterocycles. The molecule has 1 aliphatic heterocycles. The number of amides is 2. The van der Waals surface area contributed by atoms with Gasteiger partial charge in [0, 0.05) is 37.4 Å². The van der Waals surface area contributed by atoms with Gasteiger partial charge in [-0.05, 0) is 76.7 Å². The summed E-state index contributed by atoms with van der Waals surface area (Å²) in [6.45, 7) is 2.41. The number of nitrogens with one attached hydrogen (secondary N) is 2. The van der Waals surface area contributed by atoms with Crippen molar-refractivity contribution in [2.24, 2.45) is 0 Å². The predicted octanol–water partition coefficient (Wildman–Crippen LogP) is 4.79. The molecule has 3 aromatic rings. The lowest BCUT2D eigenvalue weighted by molar-refractivity contribution is 0.0714. The Morgan fingerprint density at radius 1 is 1.11 bits per heavy atom. The second-order valence-corrected chi connectivity index (χ2v) is 9.35. The van der Waals surface area contributed by atoms with Crippen LogP contribution in [0.3, 0.4) is 0 Å². The van der Waals surface area contributed by atoms with E-state index in [1.165, 1.54) is 6.26 Å². The SMILES string of the molecule is COc1ccc(C(=O)NC(=S)Nc2ccc(N3CCN(C(=O)c4ccco4)CC3)c(Cl)c2)cc1Br. The van der Waals surface area contributed by atoms with Gasteiger partial charge in [-0.2, -0.15) is 0 Å². The number of methoxy groups -OCH3 is 1. The van der Waals surface area contributed by atoms with Gasteiger partial charge in [0.1, 0.15) is 5.75 Å². The number of nitrogens with zero attached hydrogens (tertiary/aromatic N) is 2. The zero-order valence-electron chi connectivity index (χ0n) is 18.7. The van der Waals surface area contributed by atoms with Gasteiger partial charge in [-0.25, -0.2) is 0 Å². The number of benzene rings is 2. The first-order chi connectivity index (χ1) is 16.9. The lowest BCUT2D eigenvalue weighted by Crippen LogP contribution is -2.48. The molecular formula is C24H22BrClN4O4S. The first-order valence-corrected chi connectivity index (χ1v) is 12.3. The fourth-order valence-corrected chi connectivity index (χ4v) is 4.74. The maximum atomic E-state index is 12.5. The topological polar surface area (TPSA) is 87.0 Å². The average molecular weight is 578 g/mol. The van der Waals surface area contributed by atoms with Crippen LogP contribution in [0.5, 0.6) is 5.75 Å². The Labute approximate surface area is 221 Å². The van der Waals surface area contributed by atoms with Gasteiger partial charge in [-0.15, -0.1) is 0 Å². The minimum Gasteiger partial charge on any atom is -0.496 e. The standard InChI is InChI=1S/C24H22BrClN4O4S/c1-33-20-7-4-15(13-17(20)25)22(31)28-24(35)27-16-5-6-19(18(26)14-16)29-8-10-30(11-9-29)23(32)21-3-2-12-34-21/h2-7,12-14H,8-11H2,1H3,(H2,27,28,31,35). The van der Waals surface area contributed by atoms with Crippen molar-refractivity contribution in [3.8, 4) is 5.75 Å². The fourth-order valence-electron chi connectivity index (χ4n) is 3.69. The Morgan fingerprint density at radius 3 is 2.51 bits per heavy atom. The molecule has 0 spiro atoms. The van der Waals surface area contributed by atoms with Crippen LogP contribution in [0.1, 0.15) is 20.9 Å². The van der Waals surface area contributed by atoms with Crippen LogP contribution in [-0.4, -0.2) is 55.1 Å². The van der Waals surface area contributed by atoms with Crippen LogP contribution >= 0.6 is 39.7 Å². The molecule has 4 rings (SSSR count). The van der Waals surface area contributed by atoms with E-state index in [-0.39, 0.29) is 16.9 Å². The Morgan fingerprint density at radius 2 is 1.89 bits per heavy atom. The molecular weight excluding hydrogens is 556 g/mol. The largest absolute Gasteiger partial charge is 0.496 e. The maximum absolute atomic E-state index is 12.5. The van der Waals surface area contributed by atoms with Crippen LogP contribution in [0.4, 0.5) is 11.4 Å². The third kappa shape index (κ3) is 5.95. The third-order valence-electron chi connectivity index (χ3n) is 5.49. The van der Waals surface area contributed by atoms with Crippen LogP contribution in [0.2, 0.25) is 5.02 Å². The summed E-state index contributed by atoms with van der Waals surface area (Å²) < 4.78 is 11.1. The van der Waals surface area contributed by atoms with Gasteiger partial charge in [0.05, 0.1) is 28.6 Å². The van der Waals surface area contributed by atoms with Crippen molar-refractivity contribution in [1.29, 1.82) is 0 Å². The van der Waals surface area contributed by atoms with Crippen LogP contribution in [-0.2, 0) is 0 Å². The summed E-state index contributed by atoms with van der Waals surface area (Å²) in [6, 6.07) is 13.8. The van der Waals surface area contributed by atoms with Gasteiger partial charge in [0.15, 0.2) is 10.9 Å². The molecule has 1 aliphatic rings. The molecule has 1 fully saturated rings. The third-order valence-corrected chi connectivity index (χ3v) is 6.61. The van der Waals surface area contributed by atoms with E-state index in [2.05, 4.69) is 31.5 Å². The molecule has 35 heavy (non-hydrogen) atoms. The monoisotopic (exact) mass is 576 g/mol. The van der Waals surface area contributed by atoms with Crippen molar-refractivity contribution in [2.45, 2.75) is 0 Å². The highest BCUT2D eigenvalue weighted by molar-refractivity contribution is 9.10. The second kappa shape index (κ2) is 11.1. The molecule has 0 bridgehead atoms. The number of hydrogen-bond acceptors (Lipinski definition) is 6. The molecule has 2 aromatic carbocycles. The summed E-state index contributed by atoms with van der Waals surface area (Å²) in [4.78, 5) is 28.9. The summed E-state index contributed by atoms with van der Waals surface area (Å²) in [6.07, 6.45) is 1.49. The summed E-state index contributed by atoms with van der Waals surface area (Å²) in [5, 5.41) is 6.33. The highest BCUT2D eigenvalue weighted by Crippen LogP contribution is 2.30. The maximum Gasteiger partial charge on any atom is 0.289 e. The Hall–Kier alpha value is -3.08. The number of rotatable bonds is 5. The van der Waals surface area contributed by atoms with E-state index < -0.39 is 0 Å². The lowest BCUT2D eigenvalue weighted by atomic mass is 10.2. The molecule has 11 heteroatoms. The molecule has 0 radical (unpaired) electrons.